The van der Waals surface area contributed by atoms with Crippen LogP contribution in [0.1, 0.15) is 15.9 Å². The molecule has 0 radical (unpaired) electrons. The van der Waals surface area contributed by atoms with Crippen molar-refractivity contribution in [3.8, 4) is 5.75 Å². The molecule has 0 spiro atoms. The number of carbonyl (C=O) groups excluding carboxylic acids is 1. The van der Waals surface area contributed by atoms with Crippen LogP contribution in [0.15, 0.2) is 16.6 Å². The van der Waals surface area contributed by atoms with Crippen LogP contribution in [-0.4, -0.2) is 13.4 Å². The number of halogens is 2. The third-order valence-corrected chi connectivity index (χ3v) is 3.01. The lowest BCUT2D eigenvalue weighted by Crippen LogP contribution is -1.93. The summed E-state index contributed by atoms with van der Waals surface area (Å²) in [6.45, 7) is 0. The molecular weight excluding hydrogens is 300 g/mol. The highest BCUT2D eigenvalue weighted by molar-refractivity contribution is 9.10. The number of ether oxygens (including phenoxy) is 1. The lowest BCUT2D eigenvalue weighted by atomic mass is 10.1. The first-order chi connectivity index (χ1) is 6.22. The molecule has 0 atom stereocenters. The van der Waals surface area contributed by atoms with E-state index in [1.165, 1.54) is 0 Å². The highest BCUT2D eigenvalue weighted by Crippen LogP contribution is 2.27. The zero-order chi connectivity index (χ0) is 9.84. The standard InChI is InChI=1S/C9H8Br2O2/c1-13-9-3-6(4-10)8(11)2-7(9)5-12/h2-3,5H,4H2,1H3. The van der Waals surface area contributed by atoms with Crippen molar-refractivity contribution in [2.45, 2.75) is 5.33 Å². The summed E-state index contributed by atoms with van der Waals surface area (Å²) in [5, 5.41) is 0.725. The van der Waals surface area contributed by atoms with Crippen molar-refractivity contribution < 1.29 is 9.53 Å². The molecule has 0 N–H and O–H groups in total. The Hall–Kier alpha value is -0.350. The normalized spacial score (nSPS) is 9.77. The summed E-state index contributed by atoms with van der Waals surface area (Å²) in [6.07, 6.45) is 0.779. The molecule has 0 amide bonds. The largest absolute Gasteiger partial charge is 0.496 e. The molecule has 1 rings (SSSR count). The number of carbonyl (C=O) groups is 1. The van der Waals surface area contributed by atoms with Gasteiger partial charge in [0.25, 0.3) is 0 Å². The van der Waals surface area contributed by atoms with E-state index in [-0.39, 0.29) is 0 Å². The molecular formula is C9H8Br2O2. The van der Waals surface area contributed by atoms with Gasteiger partial charge < -0.3 is 4.74 Å². The molecule has 0 bridgehead atoms. The third kappa shape index (κ3) is 2.31. The van der Waals surface area contributed by atoms with E-state index in [0.29, 0.717) is 11.3 Å². The summed E-state index contributed by atoms with van der Waals surface area (Å²) >= 11 is 6.71. The lowest BCUT2D eigenvalue weighted by molar-refractivity contribution is 0.112. The van der Waals surface area contributed by atoms with Gasteiger partial charge >= 0.3 is 0 Å². The van der Waals surface area contributed by atoms with E-state index in [0.717, 1.165) is 21.7 Å². The van der Waals surface area contributed by atoms with Gasteiger partial charge in [0.15, 0.2) is 6.29 Å². The first-order valence-corrected chi connectivity index (χ1v) is 5.52. The topological polar surface area (TPSA) is 26.3 Å². The number of hydrogen-bond acceptors (Lipinski definition) is 2. The minimum atomic E-state index is 0.555. The van der Waals surface area contributed by atoms with E-state index in [4.69, 9.17) is 4.74 Å². The maximum Gasteiger partial charge on any atom is 0.153 e. The molecule has 13 heavy (non-hydrogen) atoms. The fourth-order valence-corrected chi connectivity index (χ4v) is 2.32. The molecule has 0 heterocycles. The average Bonchev–Trinajstić information content (AvgIpc) is 2.17. The fraction of sp³-hybridized carbons (Fsp3) is 0.222. The van der Waals surface area contributed by atoms with Gasteiger partial charge in [-0.15, -0.1) is 0 Å². The number of alkyl halides is 1. The Morgan fingerprint density at radius 3 is 2.69 bits per heavy atom. The Balaban J connectivity index is 3.26. The van der Waals surface area contributed by atoms with Gasteiger partial charge in [0.1, 0.15) is 5.75 Å². The monoisotopic (exact) mass is 306 g/mol. The van der Waals surface area contributed by atoms with Gasteiger partial charge in [-0.1, -0.05) is 31.9 Å². The van der Waals surface area contributed by atoms with Gasteiger partial charge in [-0.3, -0.25) is 4.79 Å². The molecule has 1 aromatic rings. The van der Waals surface area contributed by atoms with Crippen LogP contribution in [0.4, 0.5) is 0 Å². The van der Waals surface area contributed by atoms with Crippen molar-refractivity contribution in [3.63, 3.8) is 0 Å². The van der Waals surface area contributed by atoms with E-state index in [9.17, 15) is 4.79 Å². The minimum absolute atomic E-state index is 0.555. The van der Waals surface area contributed by atoms with Crippen molar-refractivity contribution in [2.75, 3.05) is 7.11 Å². The number of hydrogen-bond donors (Lipinski definition) is 0. The van der Waals surface area contributed by atoms with Crippen LogP contribution in [0.25, 0.3) is 0 Å². The quantitative estimate of drug-likeness (QED) is 0.633. The van der Waals surface area contributed by atoms with Crippen LogP contribution in [0.5, 0.6) is 5.75 Å². The number of rotatable bonds is 3. The molecule has 4 heteroatoms. The molecule has 0 saturated heterocycles. The molecule has 0 aliphatic rings. The maximum absolute atomic E-state index is 10.6. The van der Waals surface area contributed by atoms with Gasteiger partial charge in [-0.2, -0.15) is 0 Å². The molecule has 0 unspecified atom stereocenters. The van der Waals surface area contributed by atoms with Gasteiger partial charge in [-0.25, -0.2) is 0 Å². The molecule has 0 aromatic heterocycles. The van der Waals surface area contributed by atoms with Gasteiger partial charge in [0, 0.05) is 9.80 Å². The SMILES string of the molecule is COc1cc(CBr)c(Br)cc1C=O. The molecule has 70 valence electrons. The Morgan fingerprint density at radius 1 is 1.54 bits per heavy atom. The Labute approximate surface area is 93.5 Å². The van der Waals surface area contributed by atoms with Crippen LogP contribution >= 0.6 is 31.9 Å². The van der Waals surface area contributed by atoms with Crippen molar-refractivity contribution in [2.24, 2.45) is 0 Å². The van der Waals surface area contributed by atoms with Crippen LogP contribution in [0.3, 0.4) is 0 Å². The summed E-state index contributed by atoms with van der Waals surface area (Å²) in [5.74, 6) is 0.604. The molecule has 0 aliphatic heterocycles. The highest BCUT2D eigenvalue weighted by atomic mass is 79.9. The van der Waals surface area contributed by atoms with Crippen LogP contribution in [0.2, 0.25) is 0 Å². The predicted octanol–water partition coefficient (Wildman–Crippen LogP) is 3.17. The first-order valence-electron chi connectivity index (χ1n) is 3.60. The minimum Gasteiger partial charge on any atom is -0.496 e. The zero-order valence-electron chi connectivity index (χ0n) is 7.01. The lowest BCUT2D eigenvalue weighted by Gasteiger charge is -2.07. The molecule has 1 aromatic carbocycles. The van der Waals surface area contributed by atoms with Crippen molar-refractivity contribution >= 4 is 38.1 Å². The summed E-state index contributed by atoms with van der Waals surface area (Å²) in [4.78, 5) is 10.6. The summed E-state index contributed by atoms with van der Waals surface area (Å²) in [5.41, 5.74) is 1.61. The summed E-state index contributed by atoms with van der Waals surface area (Å²) in [6, 6.07) is 3.59. The summed E-state index contributed by atoms with van der Waals surface area (Å²) < 4.78 is 5.97. The number of benzene rings is 1. The number of methoxy groups -OCH3 is 1. The van der Waals surface area contributed by atoms with Crippen molar-refractivity contribution in [1.82, 2.24) is 0 Å². The number of aldehydes is 1. The van der Waals surface area contributed by atoms with Crippen LogP contribution in [-0.2, 0) is 5.33 Å². The van der Waals surface area contributed by atoms with Crippen molar-refractivity contribution in [1.29, 1.82) is 0 Å². The highest BCUT2D eigenvalue weighted by Gasteiger charge is 2.06. The van der Waals surface area contributed by atoms with Crippen LogP contribution < -0.4 is 4.74 Å². The maximum atomic E-state index is 10.6. The van der Waals surface area contributed by atoms with Crippen molar-refractivity contribution in [3.05, 3.63) is 27.7 Å². The molecule has 0 fully saturated rings. The molecule has 0 aliphatic carbocycles. The molecule has 0 saturated carbocycles. The van der Waals surface area contributed by atoms with E-state index in [1.807, 2.05) is 6.07 Å². The zero-order valence-corrected chi connectivity index (χ0v) is 10.2. The van der Waals surface area contributed by atoms with Crippen LogP contribution in [0, 0.1) is 0 Å². The van der Waals surface area contributed by atoms with E-state index < -0.39 is 0 Å². The van der Waals surface area contributed by atoms with E-state index in [2.05, 4.69) is 31.9 Å². The second-order valence-corrected chi connectivity index (χ2v) is 3.85. The Morgan fingerprint density at radius 2 is 2.23 bits per heavy atom. The first kappa shape index (κ1) is 10.7. The van der Waals surface area contributed by atoms with E-state index >= 15 is 0 Å². The smallest absolute Gasteiger partial charge is 0.153 e. The third-order valence-electron chi connectivity index (χ3n) is 1.67. The molecule has 2 nitrogen and oxygen atoms in total. The summed E-state index contributed by atoms with van der Waals surface area (Å²) in [7, 11) is 1.55. The van der Waals surface area contributed by atoms with Gasteiger partial charge in [-0.05, 0) is 17.7 Å². The second kappa shape index (κ2) is 4.77. The second-order valence-electron chi connectivity index (χ2n) is 2.44. The predicted molar refractivity (Wildman–Crippen MR) is 58.7 cm³/mol. The Kier molecular flexibility index (Phi) is 3.93. The van der Waals surface area contributed by atoms with Gasteiger partial charge in [0.2, 0.25) is 0 Å². The fourth-order valence-electron chi connectivity index (χ4n) is 0.982. The van der Waals surface area contributed by atoms with Gasteiger partial charge in [0.05, 0.1) is 12.7 Å². The Bertz CT molecular complexity index is 324. The van der Waals surface area contributed by atoms with E-state index in [1.54, 1.807) is 13.2 Å². The average molecular weight is 308 g/mol.